The summed E-state index contributed by atoms with van der Waals surface area (Å²) in [6.07, 6.45) is 0.303. The molecule has 1 aromatic rings. The van der Waals surface area contributed by atoms with E-state index in [1.165, 1.54) is 4.90 Å². The molecule has 0 bridgehead atoms. The van der Waals surface area contributed by atoms with Gasteiger partial charge in [0.2, 0.25) is 0 Å². The summed E-state index contributed by atoms with van der Waals surface area (Å²) < 4.78 is 16.8. The van der Waals surface area contributed by atoms with E-state index in [0.29, 0.717) is 19.3 Å². The van der Waals surface area contributed by atoms with Crippen LogP contribution < -0.4 is 14.8 Å². The number of thioether (sulfide) groups is 1. The van der Waals surface area contributed by atoms with Gasteiger partial charge in [0.15, 0.2) is 11.5 Å². The van der Waals surface area contributed by atoms with E-state index in [1.54, 1.807) is 11.8 Å². The maximum absolute atomic E-state index is 5.67. The third kappa shape index (κ3) is 2.91. The Balaban J connectivity index is 1.58. The van der Waals surface area contributed by atoms with E-state index in [4.69, 9.17) is 14.2 Å². The summed E-state index contributed by atoms with van der Waals surface area (Å²) >= 11 is 1.80. The SMILES string of the molecule is c1cc2c(cc1SCC1CNCCO1)OCCO2. The molecule has 4 nitrogen and oxygen atoms in total. The highest BCUT2D eigenvalue weighted by molar-refractivity contribution is 7.99. The first-order chi connectivity index (χ1) is 8.92. The molecule has 1 fully saturated rings. The van der Waals surface area contributed by atoms with Crippen molar-refractivity contribution in [3.63, 3.8) is 0 Å². The Labute approximate surface area is 111 Å². The fraction of sp³-hybridized carbons (Fsp3) is 0.538. The largest absolute Gasteiger partial charge is 0.486 e. The van der Waals surface area contributed by atoms with Crippen molar-refractivity contribution in [1.29, 1.82) is 0 Å². The van der Waals surface area contributed by atoms with E-state index >= 15 is 0 Å². The first-order valence-corrected chi connectivity index (χ1v) is 7.25. The Morgan fingerprint density at radius 3 is 2.89 bits per heavy atom. The van der Waals surface area contributed by atoms with Crippen LogP contribution >= 0.6 is 11.8 Å². The Morgan fingerprint density at radius 2 is 2.06 bits per heavy atom. The maximum atomic E-state index is 5.67. The highest BCUT2D eigenvalue weighted by Gasteiger charge is 2.15. The number of benzene rings is 1. The van der Waals surface area contributed by atoms with Gasteiger partial charge in [-0.05, 0) is 18.2 Å². The number of rotatable bonds is 3. The second-order valence-corrected chi connectivity index (χ2v) is 5.41. The van der Waals surface area contributed by atoms with Crippen LogP contribution in [-0.2, 0) is 4.74 Å². The van der Waals surface area contributed by atoms with Crippen molar-refractivity contribution in [3.05, 3.63) is 18.2 Å². The smallest absolute Gasteiger partial charge is 0.162 e. The molecular weight excluding hydrogens is 250 g/mol. The fourth-order valence-electron chi connectivity index (χ4n) is 2.03. The average Bonchev–Trinajstić information content (AvgIpc) is 2.46. The Bertz CT molecular complexity index is 407. The number of hydrogen-bond donors (Lipinski definition) is 1. The highest BCUT2D eigenvalue weighted by atomic mass is 32.2. The van der Waals surface area contributed by atoms with Gasteiger partial charge in [0, 0.05) is 23.7 Å². The molecule has 2 aliphatic heterocycles. The van der Waals surface area contributed by atoms with Crippen LogP contribution in [0.25, 0.3) is 0 Å². The molecule has 0 spiro atoms. The predicted octanol–water partition coefficient (Wildman–Crippen LogP) is 1.54. The van der Waals surface area contributed by atoms with Crippen LogP contribution in [0.3, 0.4) is 0 Å². The number of morpholine rings is 1. The lowest BCUT2D eigenvalue weighted by molar-refractivity contribution is 0.0441. The van der Waals surface area contributed by atoms with Gasteiger partial charge >= 0.3 is 0 Å². The third-order valence-corrected chi connectivity index (χ3v) is 4.08. The van der Waals surface area contributed by atoms with E-state index in [-0.39, 0.29) is 0 Å². The molecule has 1 saturated heterocycles. The van der Waals surface area contributed by atoms with Gasteiger partial charge in [-0.2, -0.15) is 0 Å². The Hall–Kier alpha value is -0.910. The van der Waals surface area contributed by atoms with Crippen LogP contribution in [0, 0.1) is 0 Å². The molecule has 0 aliphatic carbocycles. The first kappa shape index (κ1) is 12.1. The molecule has 5 heteroatoms. The van der Waals surface area contributed by atoms with Crippen molar-refractivity contribution in [2.24, 2.45) is 0 Å². The van der Waals surface area contributed by atoms with Gasteiger partial charge in [-0.15, -0.1) is 11.8 Å². The van der Waals surface area contributed by atoms with Crippen molar-refractivity contribution >= 4 is 11.8 Å². The molecule has 1 atom stereocenters. The molecule has 2 aliphatic rings. The topological polar surface area (TPSA) is 39.7 Å². The quantitative estimate of drug-likeness (QED) is 0.841. The molecular formula is C13H17NO3S. The Morgan fingerprint density at radius 1 is 1.17 bits per heavy atom. The van der Waals surface area contributed by atoms with Crippen molar-refractivity contribution in [3.8, 4) is 11.5 Å². The molecule has 98 valence electrons. The molecule has 1 unspecified atom stereocenters. The van der Waals surface area contributed by atoms with Crippen molar-refractivity contribution in [2.45, 2.75) is 11.0 Å². The second-order valence-electron chi connectivity index (χ2n) is 4.31. The van der Waals surface area contributed by atoms with Gasteiger partial charge in [-0.25, -0.2) is 0 Å². The monoisotopic (exact) mass is 267 g/mol. The summed E-state index contributed by atoms with van der Waals surface area (Å²) in [6.45, 7) is 3.99. The van der Waals surface area contributed by atoms with Crippen LogP contribution in [0.1, 0.15) is 0 Å². The lowest BCUT2D eigenvalue weighted by Crippen LogP contribution is -2.39. The van der Waals surface area contributed by atoms with Gasteiger partial charge in [-0.1, -0.05) is 0 Å². The predicted molar refractivity (Wildman–Crippen MR) is 70.8 cm³/mol. The maximum Gasteiger partial charge on any atom is 0.162 e. The number of fused-ring (bicyclic) bond motifs is 1. The molecule has 1 aromatic carbocycles. The zero-order valence-corrected chi connectivity index (χ0v) is 11.0. The highest BCUT2D eigenvalue weighted by Crippen LogP contribution is 2.34. The van der Waals surface area contributed by atoms with Crippen molar-refractivity contribution in [1.82, 2.24) is 5.32 Å². The molecule has 0 saturated carbocycles. The third-order valence-electron chi connectivity index (χ3n) is 2.95. The number of hydrogen-bond acceptors (Lipinski definition) is 5. The van der Waals surface area contributed by atoms with Gasteiger partial charge in [-0.3, -0.25) is 0 Å². The van der Waals surface area contributed by atoms with Crippen LogP contribution in [0.5, 0.6) is 11.5 Å². The first-order valence-electron chi connectivity index (χ1n) is 6.26. The van der Waals surface area contributed by atoms with E-state index in [1.807, 2.05) is 6.07 Å². The normalized spacial score (nSPS) is 22.8. The summed E-state index contributed by atoms with van der Waals surface area (Å²) in [6, 6.07) is 6.11. The summed E-state index contributed by atoms with van der Waals surface area (Å²) in [7, 11) is 0. The lowest BCUT2D eigenvalue weighted by atomic mass is 10.3. The van der Waals surface area contributed by atoms with Crippen LogP contribution in [0.4, 0.5) is 0 Å². The van der Waals surface area contributed by atoms with Crippen molar-refractivity contribution in [2.75, 3.05) is 38.7 Å². The van der Waals surface area contributed by atoms with E-state index in [9.17, 15) is 0 Å². The van der Waals surface area contributed by atoms with E-state index in [2.05, 4.69) is 17.4 Å². The standard InChI is InChI=1S/C13H17NO3S/c1-2-12-13(17-6-5-16-12)7-11(1)18-9-10-8-14-3-4-15-10/h1-2,7,10,14H,3-6,8-9H2. The lowest BCUT2D eigenvalue weighted by Gasteiger charge is -2.23. The molecule has 3 rings (SSSR count). The molecule has 0 radical (unpaired) electrons. The zero-order chi connectivity index (χ0) is 12.2. The molecule has 0 aromatic heterocycles. The van der Waals surface area contributed by atoms with Gasteiger partial charge in [0.05, 0.1) is 12.7 Å². The van der Waals surface area contributed by atoms with Gasteiger partial charge < -0.3 is 19.5 Å². The van der Waals surface area contributed by atoms with Crippen LogP contribution in [-0.4, -0.2) is 44.8 Å². The minimum atomic E-state index is 0.303. The number of nitrogens with one attached hydrogen (secondary N) is 1. The summed E-state index contributed by atoms with van der Waals surface area (Å²) in [4.78, 5) is 1.20. The molecule has 2 heterocycles. The minimum absolute atomic E-state index is 0.303. The van der Waals surface area contributed by atoms with E-state index < -0.39 is 0 Å². The molecule has 18 heavy (non-hydrogen) atoms. The van der Waals surface area contributed by atoms with E-state index in [0.717, 1.165) is 36.9 Å². The van der Waals surface area contributed by atoms with Crippen LogP contribution in [0.15, 0.2) is 23.1 Å². The van der Waals surface area contributed by atoms with Gasteiger partial charge in [0.25, 0.3) is 0 Å². The average molecular weight is 267 g/mol. The Kier molecular flexibility index (Phi) is 3.93. The van der Waals surface area contributed by atoms with Gasteiger partial charge in [0.1, 0.15) is 13.2 Å². The zero-order valence-electron chi connectivity index (χ0n) is 10.2. The second kappa shape index (κ2) is 5.82. The molecule has 1 N–H and O–H groups in total. The summed E-state index contributed by atoms with van der Waals surface area (Å²) in [5, 5.41) is 3.34. The summed E-state index contributed by atoms with van der Waals surface area (Å²) in [5.74, 6) is 2.67. The minimum Gasteiger partial charge on any atom is -0.486 e. The van der Waals surface area contributed by atoms with Crippen molar-refractivity contribution < 1.29 is 14.2 Å². The summed E-state index contributed by atoms with van der Waals surface area (Å²) in [5.41, 5.74) is 0. The molecule has 0 amide bonds. The fourth-order valence-corrected chi connectivity index (χ4v) is 2.98. The number of ether oxygens (including phenoxy) is 3. The van der Waals surface area contributed by atoms with Crippen LogP contribution in [0.2, 0.25) is 0 Å².